The van der Waals surface area contributed by atoms with E-state index < -0.39 is 5.54 Å². The summed E-state index contributed by atoms with van der Waals surface area (Å²) in [7, 11) is 0. The third-order valence-corrected chi connectivity index (χ3v) is 2.97. The van der Waals surface area contributed by atoms with Gasteiger partial charge in [0, 0.05) is 5.38 Å². The minimum Gasteiger partial charge on any atom is -0.394 e. The zero-order chi connectivity index (χ0) is 11.5. The van der Waals surface area contributed by atoms with Gasteiger partial charge >= 0.3 is 0 Å². The summed E-state index contributed by atoms with van der Waals surface area (Å²) in [6.45, 7) is 3.57. The molecule has 0 radical (unpaired) electrons. The van der Waals surface area contributed by atoms with Gasteiger partial charge in [-0.25, -0.2) is 4.98 Å². The molecule has 0 saturated heterocycles. The van der Waals surface area contributed by atoms with Gasteiger partial charge in [0.05, 0.1) is 12.1 Å². The maximum absolute atomic E-state index is 11.7. The van der Waals surface area contributed by atoms with Crippen molar-refractivity contribution in [2.75, 3.05) is 12.3 Å². The molecule has 0 aliphatic carbocycles. The molecule has 0 bridgehead atoms. The maximum atomic E-state index is 11.7. The van der Waals surface area contributed by atoms with Gasteiger partial charge in [-0.05, 0) is 13.3 Å². The Morgan fingerprint density at radius 1 is 1.80 bits per heavy atom. The normalized spacial score (nSPS) is 14.6. The Hall–Kier alpha value is -1.14. The fourth-order valence-corrected chi connectivity index (χ4v) is 1.51. The number of carbonyl (C=O) groups is 1. The molecule has 0 aromatic carbocycles. The van der Waals surface area contributed by atoms with Gasteiger partial charge in [0.25, 0.3) is 5.91 Å². The number of thiazole rings is 1. The van der Waals surface area contributed by atoms with Gasteiger partial charge in [-0.2, -0.15) is 0 Å². The molecule has 0 aliphatic rings. The van der Waals surface area contributed by atoms with Gasteiger partial charge in [-0.1, -0.05) is 6.92 Å². The lowest BCUT2D eigenvalue weighted by Crippen LogP contribution is -2.48. The number of nitrogens with one attached hydrogen (secondary N) is 1. The van der Waals surface area contributed by atoms with Gasteiger partial charge in [0.15, 0.2) is 5.13 Å². The summed E-state index contributed by atoms with van der Waals surface area (Å²) < 4.78 is 0. The first-order valence-electron chi connectivity index (χ1n) is 4.65. The van der Waals surface area contributed by atoms with Crippen LogP contribution in [0.1, 0.15) is 30.8 Å². The second kappa shape index (κ2) is 4.59. The van der Waals surface area contributed by atoms with Crippen LogP contribution in [0.2, 0.25) is 0 Å². The zero-order valence-corrected chi connectivity index (χ0v) is 9.60. The number of aromatic nitrogens is 1. The Morgan fingerprint density at radius 2 is 2.47 bits per heavy atom. The summed E-state index contributed by atoms with van der Waals surface area (Å²) >= 11 is 1.22. The van der Waals surface area contributed by atoms with E-state index in [1.54, 1.807) is 12.3 Å². The van der Waals surface area contributed by atoms with E-state index in [1.807, 2.05) is 6.92 Å². The average molecular weight is 229 g/mol. The number of nitrogen functional groups attached to an aromatic ring is 1. The summed E-state index contributed by atoms with van der Waals surface area (Å²) in [6, 6.07) is 0. The number of carbonyl (C=O) groups excluding carboxylic acids is 1. The number of aliphatic hydroxyl groups is 1. The number of hydrogen-bond donors (Lipinski definition) is 3. The number of rotatable bonds is 4. The lowest BCUT2D eigenvalue weighted by Gasteiger charge is -2.26. The first-order chi connectivity index (χ1) is 7.00. The molecule has 1 aromatic heterocycles. The number of anilines is 1. The van der Waals surface area contributed by atoms with Crippen LogP contribution >= 0.6 is 11.3 Å². The molecule has 6 heteroatoms. The topological polar surface area (TPSA) is 88.2 Å². The van der Waals surface area contributed by atoms with Crippen LogP contribution in [0.15, 0.2) is 5.38 Å². The minimum absolute atomic E-state index is 0.102. The second-order valence-electron chi connectivity index (χ2n) is 3.60. The van der Waals surface area contributed by atoms with Crippen LogP contribution in [0.5, 0.6) is 0 Å². The molecule has 15 heavy (non-hydrogen) atoms. The van der Waals surface area contributed by atoms with E-state index >= 15 is 0 Å². The minimum atomic E-state index is -0.602. The van der Waals surface area contributed by atoms with Crippen molar-refractivity contribution < 1.29 is 9.90 Å². The molecule has 1 atom stereocenters. The van der Waals surface area contributed by atoms with Crippen molar-refractivity contribution in [3.05, 3.63) is 11.1 Å². The maximum Gasteiger partial charge on any atom is 0.271 e. The highest BCUT2D eigenvalue weighted by atomic mass is 32.1. The first-order valence-corrected chi connectivity index (χ1v) is 5.53. The predicted molar refractivity (Wildman–Crippen MR) is 59.8 cm³/mol. The molecular formula is C9H15N3O2S. The number of aliphatic hydroxyl groups excluding tert-OH is 1. The fraction of sp³-hybridized carbons (Fsp3) is 0.556. The van der Waals surface area contributed by atoms with E-state index in [0.717, 1.165) is 0 Å². The van der Waals surface area contributed by atoms with Crippen molar-refractivity contribution in [3.8, 4) is 0 Å². The van der Waals surface area contributed by atoms with Gasteiger partial charge < -0.3 is 16.2 Å². The average Bonchev–Trinajstić information content (AvgIpc) is 2.65. The number of amides is 1. The van der Waals surface area contributed by atoms with E-state index in [-0.39, 0.29) is 12.5 Å². The first kappa shape index (κ1) is 11.9. The quantitative estimate of drug-likeness (QED) is 0.706. The van der Waals surface area contributed by atoms with Gasteiger partial charge in [-0.3, -0.25) is 4.79 Å². The molecule has 1 aromatic rings. The molecule has 0 fully saturated rings. The lowest BCUT2D eigenvalue weighted by atomic mass is 10.0. The van der Waals surface area contributed by atoms with E-state index in [4.69, 9.17) is 10.8 Å². The van der Waals surface area contributed by atoms with E-state index in [1.165, 1.54) is 11.3 Å². The Balaban J connectivity index is 2.71. The van der Waals surface area contributed by atoms with Crippen molar-refractivity contribution in [1.82, 2.24) is 10.3 Å². The number of nitrogens with two attached hydrogens (primary N) is 1. The molecule has 1 amide bonds. The smallest absolute Gasteiger partial charge is 0.271 e. The molecule has 0 spiro atoms. The fourth-order valence-electron chi connectivity index (χ4n) is 0.970. The Morgan fingerprint density at radius 3 is 2.87 bits per heavy atom. The predicted octanol–water partition coefficient (Wildman–Crippen LogP) is 0.616. The summed E-state index contributed by atoms with van der Waals surface area (Å²) in [5.74, 6) is -0.304. The zero-order valence-electron chi connectivity index (χ0n) is 8.78. The Kier molecular flexibility index (Phi) is 3.65. The summed E-state index contributed by atoms with van der Waals surface area (Å²) in [4.78, 5) is 15.5. The Labute approximate surface area is 92.3 Å². The molecule has 0 saturated carbocycles. The molecule has 84 valence electrons. The van der Waals surface area contributed by atoms with Gasteiger partial charge in [0.2, 0.25) is 0 Å². The monoisotopic (exact) mass is 229 g/mol. The molecule has 5 nitrogen and oxygen atoms in total. The van der Waals surface area contributed by atoms with Gasteiger partial charge in [0.1, 0.15) is 5.69 Å². The van der Waals surface area contributed by atoms with E-state index in [0.29, 0.717) is 17.2 Å². The largest absolute Gasteiger partial charge is 0.394 e. The molecule has 1 heterocycles. The SMILES string of the molecule is CCC(C)(CO)NC(=O)c1csc(N)n1. The standard InChI is InChI=1S/C9H15N3O2S/c1-3-9(2,5-13)12-7(14)6-4-15-8(10)11-6/h4,13H,3,5H2,1-2H3,(H2,10,11)(H,12,14). The third-order valence-electron chi connectivity index (χ3n) is 2.30. The van der Waals surface area contributed by atoms with Crippen LogP contribution < -0.4 is 11.1 Å². The highest BCUT2D eigenvalue weighted by molar-refractivity contribution is 7.13. The van der Waals surface area contributed by atoms with E-state index in [2.05, 4.69) is 10.3 Å². The van der Waals surface area contributed by atoms with Crippen molar-refractivity contribution in [1.29, 1.82) is 0 Å². The van der Waals surface area contributed by atoms with Crippen LogP contribution in [0.4, 0.5) is 5.13 Å². The van der Waals surface area contributed by atoms with Gasteiger partial charge in [-0.15, -0.1) is 11.3 Å². The molecule has 1 unspecified atom stereocenters. The molecule has 4 N–H and O–H groups in total. The highest BCUT2D eigenvalue weighted by Gasteiger charge is 2.24. The van der Waals surface area contributed by atoms with Crippen molar-refractivity contribution in [3.63, 3.8) is 0 Å². The Bertz CT molecular complexity index is 347. The number of nitrogens with zero attached hydrogens (tertiary/aromatic N) is 1. The number of hydrogen-bond acceptors (Lipinski definition) is 5. The molecule has 1 rings (SSSR count). The molecular weight excluding hydrogens is 214 g/mol. The second-order valence-corrected chi connectivity index (χ2v) is 4.49. The highest BCUT2D eigenvalue weighted by Crippen LogP contribution is 2.13. The van der Waals surface area contributed by atoms with Crippen LogP contribution in [0, 0.1) is 0 Å². The van der Waals surface area contributed by atoms with Crippen LogP contribution in [0.3, 0.4) is 0 Å². The van der Waals surface area contributed by atoms with Crippen molar-refractivity contribution in [2.45, 2.75) is 25.8 Å². The summed E-state index contributed by atoms with van der Waals surface area (Å²) in [5, 5.41) is 13.8. The van der Waals surface area contributed by atoms with Crippen molar-refractivity contribution in [2.24, 2.45) is 0 Å². The third kappa shape index (κ3) is 2.90. The lowest BCUT2D eigenvalue weighted by molar-refractivity contribution is 0.0843. The van der Waals surface area contributed by atoms with E-state index in [9.17, 15) is 4.79 Å². The summed E-state index contributed by atoms with van der Waals surface area (Å²) in [5.41, 5.74) is 5.12. The van der Waals surface area contributed by atoms with Crippen LogP contribution in [-0.2, 0) is 0 Å². The van der Waals surface area contributed by atoms with Crippen LogP contribution in [-0.4, -0.2) is 28.1 Å². The van der Waals surface area contributed by atoms with Crippen molar-refractivity contribution >= 4 is 22.4 Å². The van der Waals surface area contributed by atoms with Crippen LogP contribution in [0.25, 0.3) is 0 Å². The molecule has 0 aliphatic heterocycles. The summed E-state index contributed by atoms with van der Waals surface area (Å²) in [6.07, 6.45) is 0.648.